The molecule has 3 rings (SSSR count). The maximum absolute atomic E-state index is 5.60. The Hall–Kier alpha value is -1.88. The first-order chi connectivity index (χ1) is 7.83. The number of fused-ring (bicyclic) bond motifs is 1. The molecule has 0 unspecified atom stereocenters. The van der Waals surface area contributed by atoms with E-state index in [4.69, 9.17) is 5.73 Å². The summed E-state index contributed by atoms with van der Waals surface area (Å²) < 4.78 is 1.96. The van der Waals surface area contributed by atoms with Gasteiger partial charge in [-0.15, -0.1) is 11.3 Å². The van der Waals surface area contributed by atoms with Crippen LogP contribution in [0, 0.1) is 0 Å². The molecule has 2 N–H and O–H groups in total. The van der Waals surface area contributed by atoms with Gasteiger partial charge in [-0.25, -0.2) is 4.98 Å². The van der Waals surface area contributed by atoms with Crippen molar-refractivity contribution in [2.75, 3.05) is 5.73 Å². The highest BCUT2D eigenvalue weighted by molar-refractivity contribution is 7.15. The van der Waals surface area contributed by atoms with Crippen LogP contribution in [0.5, 0.6) is 0 Å². The van der Waals surface area contributed by atoms with E-state index in [0.717, 1.165) is 22.3 Å². The molecular weight excluding hydrogens is 220 g/mol. The molecule has 0 spiro atoms. The van der Waals surface area contributed by atoms with Crippen molar-refractivity contribution in [2.45, 2.75) is 6.54 Å². The second-order valence-electron chi connectivity index (χ2n) is 3.53. The lowest BCUT2D eigenvalue weighted by molar-refractivity contribution is 0.719. The van der Waals surface area contributed by atoms with Crippen molar-refractivity contribution < 1.29 is 0 Å². The zero-order chi connectivity index (χ0) is 11.0. The summed E-state index contributed by atoms with van der Waals surface area (Å²) in [6.45, 7) is 0.725. The number of aromatic nitrogens is 3. The molecule has 0 atom stereocenters. The van der Waals surface area contributed by atoms with Crippen molar-refractivity contribution in [1.29, 1.82) is 0 Å². The van der Waals surface area contributed by atoms with Gasteiger partial charge in [0.15, 0.2) is 5.13 Å². The number of hydrogen-bond acceptors (Lipinski definition) is 4. The van der Waals surface area contributed by atoms with Gasteiger partial charge in [0.1, 0.15) is 0 Å². The largest absolute Gasteiger partial charge is 0.375 e. The van der Waals surface area contributed by atoms with Crippen LogP contribution in [-0.4, -0.2) is 14.8 Å². The van der Waals surface area contributed by atoms with Crippen LogP contribution in [0.25, 0.3) is 10.9 Å². The Balaban J connectivity index is 2.00. The van der Waals surface area contributed by atoms with Crippen LogP contribution < -0.4 is 5.73 Å². The predicted molar refractivity (Wildman–Crippen MR) is 65.4 cm³/mol. The molecule has 0 aliphatic rings. The minimum atomic E-state index is 0.603. The van der Waals surface area contributed by atoms with Crippen molar-refractivity contribution in [3.8, 4) is 0 Å². The minimum absolute atomic E-state index is 0.603. The van der Waals surface area contributed by atoms with E-state index in [1.54, 1.807) is 6.20 Å². The third-order valence-corrected chi connectivity index (χ3v) is 3.24. The molecule has 2 heterocycles. The Labute approximate surface area is 96.3 Å². The summed E-state index contributed by atoms with van der Waals surface area (Å²) in [5, 5.41) is 6.11. The summed E-state index contributed by atoms with van der Waals surface area (Å²) in [6.07, 6.45) is 3.68. The van der Waals surface area contributed by atoms with Crippen molar-refractivity contribution in [3.63, 3.8) is 0 Å². The summed E-state index contributed by atoms with van der Waals surface area (Å²) >= 11 is 1.50. The lowest BCUT2D eigenvalue weighted by atomic mass is 10.2. The molecule has 16 heavy (non-hydrogen) atoms. The maximum Gasteiger partial charge on any atom is 0.180 e. The highest BCUT2D eigenvalue weighted by atomic mass is 32.1. The Morgan fingerprint density at radius 3 is 2.94 bits per heavy atom. The zero-order valence-corrected chi connectivity index (χ0v) is 9.31. The normalized spacial score (nSPS) is 11.0. The standard InChI is InChI=1S/C11H10N4S/c12-11-13-6-9(16-11)7-15-10-4-2-1-3-8(10)5-14-15/h1-6H,7H2,(H2,12,13). The molecule has 0 saturated heterocycles. The monoisotopic (exact) mass is 230 g/mol. The van der Waals surface area contributed by atoms with Gasteiger partial charge in [0.2, 0.25) is 0 Å². The van der Waals surface area contributed by atoms with Crippen LogP contribution in [0.3, 0.4) is 0 Å². The molecule has 0 saturated carbocycles. The lowest BCUT2D eigenvalue weighted by Gasteiger charge is -1.99. The smallest absolute Gasteiger partial charge is 0.180 e. The van der Waals surface area contributed by atoms with E-state index in [1.165, 1.54) is 11.3 Å². The van der Waals surface area contributed by atoms with E-state index in [0.29, 0.717) is 5.13 Å². The topological polar surface area (TPSA) is 56.7 Å². The first-order valence-corrected chi connectivity index (χ1v) is 5.75. The van der Waals surface area contributed by atoms with Crippen LogP contribution in [0.2, 0.25) is 0 Å². The quantitative estimate of drug-likeness (QED) is 0.733. The fraction of sp³-hybridized carbons (Fsp3) is 0.0909. The van der Waals surface area contributed by atoms with Crippen molar-refractivity contribution >= 4 is 27.4 Å². The Bertz CT molecular complexity index is 625. The summed E-state index contributed by atoms with van der Waals surface area (Å²) in [5.74, 6) is 0. The molecule has 5 heteroatoms. The van der Waals surface area contributed by atoms with E-state index in [1.807, 2.05) is 23.0 Å². The molecule has 0 amide bonds. The van der Waals surface area contributed by atoms with Gasteiger partial charge in [-0.05, 0) is 6.07 Å². The van der Waals surface area contributed by atoms with Gasteiger partial charge in [-0.2, -0.15) is 5.10 Å². The summed E-state index contributed by atoms with van der Waals surface area (Å²) in [5.41, 5.74) is 6.73. The fourth-order valence-corrected chi connectivity index (χ4v) is 2.36. The van der Waals surface area contributed by atoms with Gasteiger partial charge in [-0.3, -0.25) is 4.68 Å². The average Bonchev–Trinajstić information content (AvgIpc) is 2.87. The molecule has 0 aliphatic carbocycles. The Morgan fingerprint density at radius 2 is 2.12 bits per heavy atom. The highest BCUT2D eigenvalue weighted by Crippen LogP contribution is 2.18. The molecule has 0 radical (unpaired) electrons. The zero-order valence-electron chi connectivity index (χ0n) is 8.50. The van der Waals surface area contributed by atoms with Gasteiger partial charge < -0.3 is 5.73 Å². The number of nitrogens with two attached hydrogens (primary N) is 1. The molecule has 4 nitrogen and oxygen atoms in total. The minimum Gasteiger partial charge on any atom is -0.375 e. The van der Waals surface area contributed by atoms with E-state index < -0.39 is 0 Å². The third kappa shape index (κ3) is 1.55. The lowest BCUT2D eigenvalue weighted by Crippen LogP contribution is -1.99. The van der Waals surface area contributed by atoms with Crippen LogP contribution >= 0.6 is 11.3 Å². The number of anilines is 1. The molecule has 1 aromatic carbocycles. The number of benzene rings is 1. The van der Waals surface area contributed by atoms with Gasteiger partial charge in [-0.1, -0.05) is 18.2 Å². The predicted octanol–water partition coefficient (Wildman–Crippen LogP) is 2.12. The van der Waals surface area contributed by atoms with Crippen molar-refractivity contribution in [1.82, 2.24) is 14.8 Å². The highest BCUT2D eigenvalue weighted by Gasteiger charge is 2.04. The molecule has 3 aromatic rings. The molecule has 80 valence electrons. The number of thiazole rings is 1. The Morgan fingerprint density at radius 1 is 1.25 bits per heavy atom. The van der Waals surface area contributed by atoms with Crippen LogP contribution in [-0.2, 0) is 6.54 Å². The first-order valence-electron chi connectivity index (χ1n) is 4.94. The second kappa shape index (κ2) is 3.61. The van der Waals surface area contributed by atoms with Gasteiger partial charge in [0.05, 0.1) is 18.3 Å². The van der Waals surface area contributed by atoms with E-state index in [-0.39, 0.29) is 0 Å². The molecule has 2 aromatic heterocycles. The summed E-state index contributed by atoms with van der Waals surface area (Å²) in [7, 11) is 0. The molecule has 0 aliphatic heterocycles. The van der Waals surface area contributed by atoms with Crippen molar-refractivity contribution in [2.24, 2.45) is 0 Å². The van der Waals surface area contributed by atoms with E-state index in [9.17, 15) is 0 Å². The summed E-state index contributed by atoms with van der Waals surface area (Å²) in [6, 6.07) is 8.15. The molecular formula is C11H10N4S. The first kappa shape index (κ1) is 9.35. The average molecular weight is 230 g/mol. The van der Waals surface area contributed by atoms with Crippen LogP contribution in [0.4, 0.5) is 5.13 Å². The molecule has 0 bridgehead atoms. The third-order valence-electron chi connectivity index (χ3n) is 2.43. The van der Waals surface area contributed by atoms with E-state index in [2.05, 4.69) is 22.2 Å². The number of para-hydroxylation sites is 1. The number of nitrogens with zero attached hydrogens (tertiary/aromatic N) is 3. The van der Waals surface area contributed by atoms with Gasteiger partial charge >= 0.3 is 0 Å². The molecule has 0 fully saturated rings. The van der Waals surface area contributed by atoms with Crippen LogP contribution in [0.1, 0.15) is 4.88 Å². The van der Waals surface area contributed by atoms with Gasteiger partial charge in [0, 0.05) is 16.5 Å². The number of rotatable bonds is 2. The number of hydrogen-bond donors (Lipinski definition) is 1. The SMILES string of the molecule is Nc1ncc(Cn2ncc3ccccc32)s1. The van der Waals surface area contributed by atoms with Crippen LogP contribution in [0.15, 0.2) is 36.7 Å². The fourth-order valence-electron chi connectivity index (χ4n) is 1.70. The van der Waals surface area contributed by atoms with Gasteiger partial charge in [0.25, 0.3) is 0 Å². The number of nitrogen functional groups attached to an aromatic ring is 1. The second-order valence-corrected chi connectivity index (χ2v) is 4.67. The van der Waals surface area contributed by atoms with Crippen molar-refractivity contribution in [3.05, 3.63) is 41.5 Å². The van der Waals surface area contributed by atoms with E-state index >= 15 is 0 Å². The summed E-state index contributed by atoms with van der Waals surface area (Å²) in [4.78, 5) is 5.15. The maximum atomic E-state index is 5.60. The Kier molecular flexibility index (Phi) is 2.11.